The molecule has 3 aromatic rings. The van der Waals surface area contributed by atoms with Crippen LogP contribution < -0.4 is 16.0 Å². The van der Waals surface area contributed by atoms with Gasteiger partial charge in [-0.25, -0.2) is 0 Å². The molecule has 0 saturated carbocycles. The van der Waals surface area contributed by atoms with Gasteiger partial charge >= 0.3 is 0 Å². The number of carbonyl (C=O) groups is 2. The Morgan fingerprint density at radius 2 is 1.43 bits per heavy atom. The van der Waals surface area contributed by atoms with Crippen LogP contribution in [-0.4, -0.2) is 16.9 Å². The first-order valence-electron chi connectivity index (χ1n) is 9.40. The van der Waals surface area contributed by atoms with Crippen molar-refractivity contribution in [3.05, 3.63) is 83.8 Å². The number of benzene rings is 2. The topological polar surface area (TPSA) is 83.4 Å². The molecule has 154 valence electrons. The molecular weight excluding hydrogens is 398 g/mol. The largest absolute Gasteiger partial charge is 0.459 e. The summed E-state index contributed by atoms with van der Waals surface area (Å²) in [5.41, 5.74) is 2.99. The standard InChI is InChI=1S/C23H23N3O3S/c1-23(2,3)16-8-6-15(7-9-16)20(27)26-22(30)25-18-12-10-17(11-13-18)24-21(28)19-5-4-14-29-19/h4-14H,1-3H3,(H,24,28)(H2,25,26,27,30). The zero-order chi connectivity index (χ0) is 21.7. The SMILES string of the molecule is CC(C)(C)c1ccc(C(=O)NC(=S)Nc2ccc(NC(=O)c3ccco3)cc2)cc1. The smallest absolute Gasteiger partial charge is 0.291 e. The minimum absolute atomic E-state index is 0.0233. The summed E-state index contributed by atoms with van der Waals surface area (Å²) < 4.78 is 5.06. The summed E-state index contributed by atoms with van der Waals surface area (Å²) in [4.78, 5) is 24.4. The van der Waals surface area contributed by atoms with Crippen LogP contribution in [0.25, 0.3) is 0 Å². The maximum atomic E-state index is 12.4. The highest BCUT2D eigenvalue weighted by Crippen LogP contribution is 2.22. The normalized spacial score (nSPS) is 10.9. The molecule has 3 rings (SSSR count). The second-order valence-electron chi connectivity index (χ2n) is 7.74. The molecule has 0 aliphatic heterocycles. The van der Waals surface area contributed by atoms with Gasteiger partial charge < -0.3 is 15.1 Å². The number of hydrogen-bond donors (Lipinski definition) is 3. The van der Waals surface area contributed by atoms with Crippen molar-refractivity contribution in [2.24, 2.45) is 0 Å². The summed E-state index contributed by atoms with van der Waals surface area (Å²) >= 11 is 5.23. The summed E-state index contributed by atoms with van der Waals surface area (Å²) in [5, 5.41) is 8.54. The molecule has 1 heterocycles. The quantitative estimate of drug-likeness (QED) is 0.519. The van der Waals surface area contributed by atoms with Crippen molar-refractivity contribution in [1.29, 1.82) is 0 Å². The van der Waals surface area contributed by atoms with Crippen molar-refractivity contribution >= 4 is 40.5 Å². The molecule has 0 aliphatic rings. The van der Waals surface area contributed by atoms with Gasteiger partial charge in [0.25, 0.3) is 11.8 Å². The third-order valence-corrected chi connectivity index (χ3v) is 4.59. The first-order valence-corrected chi connectivity index (χ1v) is 9.81. The second-order valence-corrected chi connectivity index (χ2v) is 8.15. The summed E-state index contributed by atoms with van der Waals surface area (Å²) in [6.45, 7) is 6.36. The Kier molecular flexibility index (Phi) is 6.32. The van der Waals surface area contributed by atoms with Crippen LogP contribution in [-0.2, 0) is 5.41 Å². The van der Waals surface area contributed by atoms with Crippen LogP contribution in [0.3, 0.4) is 0 Å². The van der Waals surface area contributed by atoms with E-state index in [2.05, 4.69) is 36.7 Å². The van der Waals surface area contributed by atoms with Crippen LogP contribution in [0.2, 0.25) is 0 Å². The van der Waals surface area contributed by atoms with Gasteiger partial charge in [0.2, 0.25) is 0 Å². The summed E-state index contributed by atoms with van der Waals surface area (Å²) in [6, 6.07) is 17.6. The molecule has 0 spiro atoms. The van der Waals surface area contributed by atoms with Gasteiger partial charge in [-0.2, -0.15) is 0 Å². The van der Waals surface area contributed by atoms with Gasteiger partial charge in [-0.05, 0) is 71.7 Å². The molecule has 2 amide bonds. The molecule has 6 nitrogen and oxygen atoms in total. The number of thiocarbonyl (C=S) groups is 1. The number of rotatable bonds is 4. The molecule has 0 saturated heterocycles. The van der Waals surface area contributed by atoms with Gasteiger partial charge in [-0.15, -0.1) is 0 Å². The number of furan rings is 1. The van der Waals surface area contributed by atoms with Gasteiger partial charge in [0.05, 0.1) is 6.26 Å². The highest BCUT2D eigenvalue weighted by Gasteiger charge is 2.15. The van der Waals surface area contributed by atoms with Crippen LogP contribution in [0.4, 0.5) is 11.4 Å². The lowest BCUT2D eigenvalue weighted by Crippen LogP contribution is -2.34. The van der Waals surface area contributed by atoms with Crippen molar-refractivity contribution in [2.45, 2.75) is 26.2 Å². The highest BCUT2D eigenvalue weighted by molar-refractivity contribution is 7.80. The molecule has 0 atom stereocenters. The van der Waals surface area contributed by atoms with Crippen molar-refractivity contribution < 1.29 is 14.0 Å². The van der Waals surface area contributed by atoms with E-state index in [-0.39, 0.29) is 28.1 Å². The number of anilines is 2. The van der Waals surface area contributed by atoms with E-state index in [4.69, 9.17) is 16.6 Å². The fourth-order valence-electron chi connectivity index (χ4n) is 2.70. The van der Waals surface area contributed by atoms with Gasteiger partial charge in [-0.1, -0.05) is 32.9 Å². The fraction of sp³-hybridized carbons (Fsp3) is 0.174. The molecule has 0 aliphatic carbocycles. The Hall–Kier alpha value is -3.45. The van der Waals surface area contributed by atoms with E-state index in [0.717, 1.165) is 5.56 Å². The first-order chi connectivity index (χ1) is 14.2. The van der Waals surface area contributed by atoms with E-state index in [1.165, 1.54) is 6.26 Å². The molecule has 0 fully saturated rings. The fourth-order valence-corrected chi connectivity index (χ4v) is 2.91. The third kappa shape index (κ3) is 5.55. The highest BCUT2D eigenvalue weighted by atomic mass is 32.1. The lowest BCUT2D eigenvalue weighted by atomic mass is 9.87. The van der Waals surface area contributed by atoms with Gasteiger partial charge in [0.1, 0.15) is 0 Å². The molecule has 2 aromatic carbocycles. The summed E-state index contributed by atoms with van der Waals surface area (Å²) in [6.07, 6.45) is 1.44. The molecule has 0 radical (unpaired) electrons. The van der Waals surface area contributed by atoms with E-state index in [1.54, 1.807) is 48.5 Å². The molecule has 30 heavy (non-hydrogen) atoms. The molecule has 0 unspecified atom stereocenters. The van der Waals surface area contributed by atoms with Crippen LogP contribution >= 0.6 is 12.2 Å². The minimum atomic E-state index is -0.332. The second kappa shape index (κ2) is 8.92. The Morgan fingerprint density at radius 1 is 0.833 bits per heavy atom. The van der Waals surface area contributed by atoms with Crippen molar-refractivity contribution in [2.75, 3.05) is 10.6 Å². The summed E-state index contributed by atoms with van der Waals surface area (Å²) in [5.74, 6) is -0.382. The van der Waals surface area contributed by atoms with E-state index in [9.17, 15) is 9.59 Å². The molecule has 7 heteroatoms. The van der Waals surface area contributed by atoms with Crippen molar-refractivity contribution in [3.8, 4) is 0 Å². The Morgan fingerprint density at radius 3 is 1.97 bits per heavy atom. The third-order valence-electron chi connectivity index (χ3n) is 4.39. The zero-order valence-corrected chi connectivity index (χ0v) is 17.8. The van der Waals surface area contributed by atoms with E-state index < -0.39 is 0 Å². The van der Waals surface area contributed by atoms with E-state index in [0.29, 0.717) is 16.9 Å². The van der Waals surface area contributed by atoms with Gasteiger partial charge in [-0.3, -0.25) is 14.9 Å². The van der Waals surface area contributed by atoms with Crippen LogP contribution in [0, 0.1) is 0 Å². The van der Waals surface area contributed by atoms with E-state index >= 15 is 0 Å². The minimum Gasteiger partial charge on any atom is -0.459 e. The van der Waals surface area contributed by atoms with Crippen LogP contribution in [0.5, 0.6) is 0 Å². The number of carbonyl (C=O) groups excluding carboxylic acids is 2. The van der Waals surface area contributed by atoms with Crippen molar-refractivity contribution in [1.82, 2.24) is 5.32 Å². The molecule has 3 N–H and O–H groups in total. The number of amides is 2. The molecule has 1 aromatic heterocycles. The van der Waals surface area contributed by atoms with Crippen LogP contribution in [0.1, 0.15) is 47.2 Å². The molecular formula is C23H23N3O3S. The summed E-state index contributed by atoms with van der Waals surface area (Å²) in [7, 11) is 0. The average Bonchev–Trinajstić information content (AvgIpc) is 3.24. The first kappa shape index (κ1) is 21.3. The predicted molar refractivity (Wildman–Crippen MR) is 122 cm³/mol. The maximum Gasteiger partial charge on any atom is 0.291 e. The van der Waals surface area contributed by atoms with E-state index in [1.807, 2.05) is 12.1 Å². The van der Waals surface area contributed by atoms with Gasteiger partial charge in [0, 0.05) is 16.9 Å². The average molecular weight is 422 g/mol. The van der Waals surface area contributed by atoms with Crippen molar-refractivity contribution in [3.63, 3.8) is 0 Å². The van der Waals surface area contributed by atoms with Crippen LogP contribution in [0.15, 0.2) is 71.3 Å². The zero-order valence-electron chi connectivity index (χ0n) is 17.0. The predicted octanol–water partition coefficient (Wildman–Crippen LogP) is 4.96. The Bertz CT molecular complexity index is 1030. The Balaban J connectivity index is 1.54. The lowest BCUT2D eigenvalue weighted by molar-refractivity contribution is 0.0975. The van der Waals surface area contributed by atoms with Gasteiger partial charge in [0.15, 0.2) is 10.9 Å². The Labute approximate surface area is 180 Å². The monoisotopic (exact) mass is 421 g/mol. The maximum absolute atomic E-state index is 12.4. The molecule has 0 bridgehead atoms. The lowest BCUT2D eigenvalue weighted by Gasteiger charge is -2.19. The number of nitrogens with one attached hydrogen (secondary N) is 3. The number of hydrogen-bond acceptors (Lipinski definition) is 4.